The van der Waals surface area contributed by atoms with Gasteiger partial charge in [-0.05, 0) is 98.0 Å². The van der Waals surface area contributed by atoms with Crippen molar-refractivity contribution in [3.63, 3.8) is 0 Å². The maximum Gasteiger partial charge on any atom is 0.119 e. The van der Waals surface area contributed by atoms with Crippen molar-refractivity contribution in [2.75, 3.05) is 13.2 Å². The van der Waals surface area contributed by atoms with Gasteiger partial charge >= 0.3 is 0 Å². The molecule has 5 rings (SSSR count). The van der Waals surface area contributed by atoms with E-state index >= 15 is 0 Å². The van der Waals surface area contributed by atoms with E-state index in [1.165, 1.54) is 64.2 Å². The summed E-state index contributed by atoms with van der Waals surface area (Å²) < 4.78 is 5.76. The van der Waals surface area contributed by atoms with Gasteiger partial charge in [0.05, 0.1) is 0 Å². The molecule has 172 valence electrons. The number of rotatable bonds is 6. The summed E-state index contributed by atoms with van der Waals surface area (Å²) in [5.41, 5.74) is 1.03. The van der Waals surface area contributed by atoms with Crippen molar-refractivity contribution in [3.8, 4) is 5.75 Å². The second-order valence-electron chi connectivity index (χ2n) is 11.8. The highest BCUT2D eigenvalue weighted by Crippen LogP contribution is 2.66. The van der Waals surface area contributed by atoms with Crippen LogP contribution in [-0.2, 0) is 0 Å². The van der Waals surface area contributed by atoms with Crippen LogP contribution in [0, 0.1) is 34.5 Å². The molecule has 0 unspecified atom stereocenters. The lowest BCUT2D eigenvalue weighted by Crippen LogP contribution is -2.55. The SMILES string of the molecule is C[C@@]12CCCC[C@@H]1CC[C@H]1[C@H]2CC[C@]2(C)[C@@H](NC[C@H](O)COc3ccccc3)CC[C@H]12. The first-order chi connectivity index (χ1) is 15.0. The number of para-hydroxylation sites is 1. The molecular weight excluding hydrogens is 382 g/mol. The quantitative estimate of drug-likeness (QED) is 0.604. The maximum absolute atomic E-state index is 10.5. The second-order valence-corrected chi connectivity index (χ2v) is 11.8. The second kappa shape index (κ2) is 8.71. The molecule has 4 fully saturated rings. The van der Waals surface area contributed by atoms with E-state index in [0.29, 0.717) is 30.0 Å². The Hall–Kier alpha value is -1.06. The smallest absolute Gasteiger partial charge is 0.119 e. The van der Waals surface area contributed by atoms with Gasteiger partial charge in [-0.3, -0.25) is 0 Å². The lowest BCUT2D eigenvalue weighted by molar-refractivity contribution is -0.107. The Balaban J connectivity index is 1.18. The summed E-state index contributed by atoms with van der Waals surface area (Å²) in [6, 6.07) is 10.4. The first-order valence-electron chi connectivity index (χ1n) is 13.1. The number of fused-ring (bicyclic) bond motifs is 5. The van der Waals surface area contributed by atoms with Gasteiger partial charge in [-0.15, -0.1) is 0 Å². The van der Waals surface area contributed by atoms with Crippen LogP contribution < -0.4 is 10.1 Å². The van der Waals surface area contributed by atoms with Crippen LogP contribution in [0.4, 0.5) is 0 Å². The number of benzene rings is 1. The minimum absolute atomic E-state index is 0.355. The van der Waals surface area contributed by atoms with Crippen LogP contribution in [0.25, 0.3) is 0 Å². The third-order valence-electron chi connectivity index (χ3n) is 10.4. The minimum atomic E-state index is -0.462. The fourth-order valence-electron chi connectivity index (χ4n) is 8.68. The van der Waals surface area contributed by atoms with Crippen LogP contribution in [-0.4, -0.2) is 30.4 Å². The predicted molar refractivity (Wildman–Crippen MR) is 126 cm³/mol. The molecule has 1 aromatic carbocycles. The molecule has 4 saturated carbocycles. The van der Waals surface area contributed by atoms with Gasteiger partial charge in [0.15, 0.2) is 0 Å². The monoisotopic (exact) mass is 425 g/mol. The highest BCUT2D eigenvalue weighted by atomic mass is 16.5. The fourth-order valence-corrected chi connectivity index (χ4v) is 8.68. The summed E-state index contributed by atoms with van der Waals surface area (Å²) in [4.78, 5) is 0. The van der Waals surface area contributed by atoms with Gasteiger partial charge in [0.2, 0.25) is 0 Å². The summed E-state index contributed by atoms with van der Waals surface area (Å²) in [6.45, 7) is 6.23. The normalized spacial score (nSPS) is 42.9. The molecule has 2 N–H and O–H groups in total. The van der Waals surface area contributed by atoms with Crippen molar-refractivity contribution >= 4 is 0 Å². The molecule has 0 amide bonds. The van der Waals surface area contributed by atoms with E-state index in [2.05, 4.69) is 19.2 Å². The third kappa shape index (κ3) is 3.95. The summed E-state index contributed by atoms with van der Waals surface area (Å²) in [5, 5.41) is 14.3. The molecule has 0 aromatic heterocycles. The molecule has 0 radical (unpaired) electrons. The summed E-state index contributed by atoms with van der Waals surface area (Å²) in [7, 11) is 0. The van der Waals surface area contributed by atoms with Crippen LogP contribution in [0.3, 0.4) is 0 Å². The van der Waals surface area contributed by atoms with Gasteiger partial charge in [-0.25, -0.2) is 0 Å². The molecule has 8 atom stereocenters. The van der Waals surface area contributed by atoms with E-state index in [-0.39, 0.29) is 0 Å². The number of ether oxygens (including phenoxy) is 1. The maximum atomic E-state index is 10.5. The average molecular weight is 426 g/mol. The van der Waals surface area contributed by atoms with Crippen LogP contribution in [0.1, 0.15) is 78.1 Å². The summed E-state index contributed by atoms with van der Waals surface area (Å²) in [5.74, 6) is 4.62. The minimum Gasteiger partial charge on any atom is -0.491 e. The Morgan fingerprint density at radius 2 is 1.74 bits per heavy atom. The number of nitrogens with one attached hydrogen (secondary N) is 1. The number of hydrogen-bond donors (Lipinski definition) is 2. The standard InChI is InChI=1S/C28H43NO2/c1-27-16-7-6-8-20(27)11-12-23-24-13-14-26(28(24,2)17-15-25(23)27)29-18-21(30)19-31-22-9-4-3-5-10-22/h3-5,9-10,20-21,23-26,29-30H,6-8,11-19H2,1-2H3/t20-,21+,23-,24-,25-,26+,27-,28+/m1/s1. The lowest BCUT2D eigenvalue weighted by Gasteiger charge is -2.60. The van der Waals surface area contributed by atoms with E-state index in [9.17, 15) is 5.11 Å². The molecule has 0 heterocycles. The van der Waals surface area contributed by atoms with Crippen molar-refractivity contribution < 1.29 is 9.84 Å². The zero-order valence-corrected chi connectivity index (χ0v) is 19.7. The van der Waals surface area contributed by atoms with Crippen LogP contribution >= 0.6 is 0 Å². The first-order valence-corrected chi connectivity index (χ1v) is 13.1. The highest BCUT2D eigenvalue weighted by Gasteiger charge is 2.59. The molecule has 3 heteroatoms. The van der Waals surface area contributed by atoms with Crippen LogP contribution in [0.2, 0.25) is 0 Å². The molecule has 4 aliphatic rings. The molecule has 1 aromatic rings. The van der Waals surface area contributed by atoms with E-state index in [1.54, 1.807) is 0 Å². The van der Waals surface area contributed by atoms with E-state index in [4.69, 9.17) is 4.74 Å². The van der Waals surface area contributed by atoms with Gasteiger partial charge < -0.3 is 15.2 Å². The number of hydrogen-bond acceptors (Lipinski definition) is 3. The molecular formula is C28H43NO2. The van der Waals surface area contributed by atoms with Gasteiger partial charge in [0.1, 0.15) is 18.5 Å². The number of aliphatic hydroxyl groups excluding tert-OH is 1. The Morgan fingerprint density at radius 1 is 0.935 bits per heavy atom. The van der Waals surface area contributed by atoms with Gasteiger partial charge in [-0.2, -0.15) is 0 Å². The molecule has 0 saturated heterocycles. The molecule has 31 heavy (non-hydrogen) atoms. The van der Waals surface area contributed by atoms with Crippen molar-refractivity contribution in [2.45, 2.75) is 90.2 Å². The summed E-state index contributed by atoms with van der Waals surface area (Å²) in [6.07, 6.45) is 13.9. The van der Waals surface area contributed by atoms with Crippen LogP contribution in [0.15, 0.2) is 30.3 Å². The Labute approximate surface area is 189 Å². The molecule has 0 bridgehead atoms. The Bertz CT molecular complexity index is 738. The zero-order chi connectivity index (χ0) is 21.5. The molecule has 3 nitrogen and oxygen atoms in total. The number of aliphatic hydroxyl groups is 1. The van der Waals surface area contributed by atoms with E-state index in [1.807, 2.05) is 30.3 Å². The zero-order valence-electron chi connectivity index (χ0n) is 19.7. The van der Waals surface area contributed by atoms with E-state index < -0.39 is 6.10 Å². The fraction of sp³-hybridized carbons (Fsp3) is 0.786. The first kappa shape index (κ1) is 21.8. The third-order valence-corrected chi connectivity index (χ3v) is 10.4. The van der Waals surface area contributed by atoms with Gasteiger partial charge in [0, 0.05) is 12.6 Å². The molecule has 0 spiro atoms. The lowest BCUT2D eigenvalue weighted by atomic mass is 9.45. The largest absolute Gasteiger partial charge is 0.491 e. The van der Waals surface area contributed by atoms with Gasteiger partial charge in [0.25, 0.3) is 0 Å². The summed E-state index contributed by atoms with van der Waals surface area (Å²) >= 11 is 0. The Kier molecular flexibility index (Phi) is 6.11. The van der Waals surface area contributed by atoms with Crippen molar-refractivity contribution in [2.24, 2.45) is 34.5 Å². The van der Waals surface area contributed by atoms with Crippen molar-refractivity contribution in [1.82, 2.24) is 5.32 Å². The topological polar surface area (TPSA) is 41.5 Å². The van der Waals surface area contributed by atoms with E-state index in [0.717, 1.165) is 29.4 Å². The average Bonchev–Trinajstić information content (AvgIpc) is 3.13. The predicted octanol–water partition coefficient (Wildman–Crippen LogP) is 5.82. The van der Waals surface area contributed by atoms with Gasteiger partial charge in [-0.1, -0.05) is 44.9 Å². The van der Waals surface area contributed by atoms with Crippen LogP contribution in [0.5, 0.6) is 5.75 Å². The van der Waals surface area contributed by atoms with Crippen molar-refractivity contribution in [1.29, 1.82) is 0 Å². The van der Waals surface area contributed by atoms with Crippen molar-refractivity contribution in [3.05, 3.63) is 30.3 Å². The molecule has 4 aliphatic carbocycles. The molecule has 0 aliphatic heterocycles. The Morgan fingerprint density at radius 3 is 2.58 bits per heavy atom. The highest BCUT2D eigenvalue weighted by molar-refractivity contribution is 5.21.